The van der Waals surface area contributed by atoms with Gasteiger partial charge in [-0.2, -0.15) is 4.98 Å². The van der Waals surface area contributed by atoms with Gasteiger partial charge in [-0.15, -0.1) is 0 Å². The highest BCUT2D eigenvalue weighted by atomic mass is 16.5. The van der Waals surface area contributed by atoms with Crippen LogP contribution < -0.4 is 5.73 Å². The smallest absolute Gasteiger partial charge is 0.234 e. The van der Waals surface area contributed by atoms with Crippen molar-refractivity contribution in [3.63, 3.8) is 0 Å². The van der Waals surface area contributed by atoms with Crippen LogP contribution in [0.1, 0.15) is 63.1 Å². The number of hydrogen-bond acceptors (Lipinski definition) is 5. The van der Waals surface area contributed by atoms with Gasteiger partial charge in [0.2, 0.25) is 11.7 Å². The highest BCUT2D eigenvalue weighted by Crippen LogP contribution is 2.47. The van der Waals surface area contributed by atoms with Crippen LogP contribution in [0, 0.1) is 0 Å². The molecule has 2 aliphatic rings. The van der Waals surface area contributed by atoms with E-state index in [1.165, 1.54) is 25.7 Å². The summed E-state index contributed by atoms with van der Waals surface area (Å²) in [6.07, 6.45) is 8.96. The van der Waals surface area contributed by atoms with E-state index in [1.54, 1.807) is 7.11 Å². The number of methoxy groups -OCH3 is 1. The Morgan fingerprint density at radius 1 is 1.16 bits per heavy atom. The molecule has 0 saturated heterocycles. The van der Waals surface area contributed by atoms with Crippen molar-refractivity contribution < 1.29 is 9.26 Å². The van der Waals surface area contributed by atoms with E-state index < -0.39 is 0 Å². The third-order valence-corrected chi connectivity index (χ3v) is 4.83. The number of aromatic nitrogens is 2. The zero-order valence-corrected chi connectivity index (χ0v) is 11.7. The van der Waals surface area contributed by atoms with Crippen LogP contribution in [0.4, 0.5) is 0 Å². The minimum absolute atomic E-state index is 0.0368. The summed E-state index contributed by atoms with van der Waals surface area (Å²) in [6.45, 7) is 0.592. The standard InChI is InChI=1S/C14H23N3O2/c1-18-14(6-4-2-3-5-7-14)11-16-12(19-17-11)13(10-15)8-9-13/h2-10,15H2,1H3. The molecule has 1 aromatic rings. The molecule has 2 fully saturated rings. The van der Waals surface area contributed by atoms with E-state index in [1.807, 2.05) is 0 Å². The first-order valence-corrected chi connectivity index (χ1v) is 7.35. The maximum atomic E-state index is 5.82. The van der Waals surface area contributed by atoms with E-state index in [-0.39, 0.29) is 11.0 Å². The quantitative estimate of drug-likeness (QED) is 0.845. The molecule has 5 nitrogen and oxygen atoms in total. The number of hydrogen-bond donors (Lipinski definition) is 1. The van der Waals surface area contributed by atoms with Crippen molar-refractivity contribution in [3.8, 4) is 0 Å². The zero-order valence-electron chi connectivity index (χ0n) is 11.7. The van der Waals surface area contributed by atoms with Gasteiger partial charge < -0.3 is 15.0 Å². The molecule has 3 rings (SSSR count). The molecule has 0 atom stereocenters. The highest BCUT2D eigenvalue weighted by Gasteiger charge is 2.49. The zero-order chi connectivity index (χ0) is 13.3. The fraction of sp³-hybridized carbons (Fsp3) is 0.857. The molecule has 19 heavy (non-hydrogen) atoms. The second-order valence-electron chi connectivity index (χ2n) is 6.02. The molecule has 0 unspecified atom stereocenters. The number of nitrogens with zero attached hydrogens (tertiary/aromatic N) is 2. The molecule has 106 valence electrons. The van der Waals surface area contributed by atoms with Gasteiger partial charge in [-0.1, -0.05) is 30.8 Å². The van der Waals surface area contributed by atoms with E-state index in [0.717, 1.165) is 31.5 Å². The maximum Gasteiger partial charge on any atom is 0.234 e. The predicted octanol–water partition coefficient (Wildman–Crippen LogP) is 2.26. The molecule has 0 amide bonds. The lowest BCUT2D eigenvalue weighted by molar-refractivity contribution is -0.0365. The predicted molar refractivity (Wildman–Crippen MR) is 70.7 cm³/mol. The SMILES string of the molecule is COC1(c2noc(C3(CN)CC3)n2)CCCCCC1. The summed E-state index contributed by atoms with van der Waals surface area (Å²) in [5.41, 5.74) is 5.44. The molecule has 2 aliphatic carbocycles. The largest absolute Gasteiger partial charge is 0.370 e. The van der Waals surface area contributed by atoms with Crippen LogP contribution in [0.3, 0.4) is 0 Å². The average molecular weight is 265 g/mol. The molecule has 0 radical (unpaired) electrons. The molecule has 0 aromatic carbocycles. The Kier molecular flexibility index (Phi) is 3.35. The molecule has 0 bridgehead atoms. The molecular weight excluding hydrogens is 242 g/mol. The van der Waals surface area contributed by atoms with Crippen LogP contribution in [0.5, 0.6) is 0 Å². The van der Waals surface area contributed by atoms with Crippen LogP contribution in [-0.4, -0.2) is 23.8 Å². The Hall–Kier alpha value is -0.940. The molecule has 0 aliphatic heterocycles. The van der Waals surface area contributed by atoms with Crippen molar-refractivity contribution in [3.05, 3.63) is 11.7 Å². The van der Waals surface area contributed by atoms with E-state index in [4.69, 9.17) is 15.0 Å². The summed E-state index contributed by atoms with van der Waals surface area (Å²) in [5, 5.41) is 4.21. The highest BCUT2D eigenvalue weighted by molar-refractivity contribution is 5.17. The van der Waals surface area contributed by atoms with Crippen molar-refractivity contribution in [2.45, 2.75) is 62.4 Å². The molecule has 1 heterocycles. The molecule has 1 aromatic heterocycles. The van der Waals surface area contributed by atoms with Crippen molar-refractivity contribution in [2.24, 2.45) is 5.73 Å². The van der Waals surface area contributed by atoms with Gasteiger partial charge in [-0.05, 0) is 25.7 Å². The number of rotatable bonds is 4. The van der Waals surface area contributed by atoms with Crippen LogP contribution >= 0.6 is 0 Å². The Balaban J connectivity index is 1.87. The van der Waals surface area contributed by atoms with Gasteiger partial charge in [-0.25, -0.2) is 0 Å². The van der Waals surface area contributed by atoms with Crippen molar-refractivity contribution in [1.29, 1.82) is 0 Å². The molecule has 2 saturated carbocycles. The molecular formula is C14H23N3O2. The van der Waals surface area contributed by atoms with E-state index >= 15 is 0 Å². The third-order valence-electron chi connectivity index (χ3n) is 4.83. The normalized spacial score (nSPS) is 24.9. The lowest BCUT2D eigenvalue weighted by Gasteiger charge is -2.27. The summed E-state index contributed by atoms with van der Waals surface area (Å²) in [5.74, 6) is 1.44. The average Bonchev–Trinajstić information content (AvgIpc) is 3.16. The van der Waals surface area contributed by atoms with Crippen molar-refractivity contribution >= 4 is 0 Å². The summed E-state index contributed by atoms with van der Waals surface area (Å²) in [7, 11) is 1.76. The van der Waals surface area contributed by atoms with Crippen LogP contribution in [-0.2, 0) is 15.8 Å². The second-order valence-corrected chi connectivity index (χ2v) is 6.02. The fourth-order valence-corrected chi connectivity index (χ4v) is 3.10. The molecule has 5 heteroatoms. The summed E-state index contributed by atoms with van der Waals surface area (Å²) >= 11 is 0. The third kappa shape index (κ3) is 2.19. The minimum Gasteiger partial charge on any atom is -0.370 e. The molecule has 0 spiro atoms. The van der Waals surface area contributed by atoms with Gasteiger partial charge in [-0.3, -0.25) is 0 Å². The topological polar surface area (TPSA) is 74.2 Å². The summed E-state index contributed by atoms with van der Waals surface area (Å²) in [6, 6.07) is 0. The lowest BCUT2D eigenvalue weighted by Crippen LogP contribution is -2.29. The Labute approximate surface area is 113 Å². The minimum atomic E-state index is -0.344. The second kappa shape index (κ2) is 4.87. The summed E-state index contributed by atoms with van der Waals surface area (Å²) < 4.78 is 11.3. The fourth-order valence-electron chi connectivity index (χ4n) is 3.10. The monoisotopic (exact) mass is 265 g/mol. The van der Waals surface area contributed by atoms with Gasteiger partial charge in [0.25, 0.3) is 0 Å². The number of ether oxygens (including phenoxy) is 1. The van der Waals surface area contributed by atoms with Gasteiger partial charge >= 0.3 is 0 Å². The van der Waals surface area contributed by atoms with Crippen LogP contribution in [0.15, 0.2) is 4.52 Å². The van der Waals surface area contributed by atoms with Crippen molar-refractivity contribution in [2.75, 3.05) is 13.7 Å². The van der Waals surface area contributed by atoms with Crippen LogP contribution in [0.25, 0.3) is 0 Å². The molecule has 2 N–H and O–H groups in total. The van der Waals surface area contributed by atoms with Gasteiger partial charge in [0.05, 0.1) is 5.41 Å². The van der Waals surface area contributed by atoms with Gasteiger partial charge in [0.15, 0.2) is 0 Å². The Bertz CT molecular complexity index is 432. The summed E-state index contributed by atoms with van der Waals surface area (Å²) in [4.78, 5) is 4.64. The number of nitrogens with two attached hydrogens (primary N) is 1. The van der Waals surface area contributed by atoms with E-state index in [9.17, 15) is 0 Å². The van der Waals surface area contributed by atoms with Crippen LogP contribution in [0.2, 0.25) is 0 Å². The van der Waals surface area contributed by atoms with Gasteiger partial charge in [0.1, 0.15) is 5.60 Å². The first kappa shape index (κ1) is 13.1. The first-order chi connectivity index (χ1) is 9.25. The Morgan fingerprint density at radius 2 is 1.84 bits per heavy atom. The lowest BCUT2D eigenvalue weighted by atomic mass is 9.93. The Morgan fingerprint density at radius 3 is 2.37 bits per heavy atom. The maximum absolute atomic E-state index is 5.82. The van der Waals surface area contributed by atoms with Gasteiger partial charge in [0, 0.05) is 13.7 Å². The van der Waals surface area contributed by atoms with E-state index in [2.05, 4.69) is 10.1 Å². The van der Waals surface area contributed by atoms with E-state index in [0.29, 0.717) is 12.4 Å². The van der Waals surface area contributed by atoms with Crippen molar-refractivity contribution in [1.82, 2.24) is 10.1 Å². The first-order valence-electron chi connectivity index (χ1n) is 7.35.